The minimum absolute atomic E-state index is 0.0327. The van der Waals surface area contributed by atoms with E-state index in [2.05, 4.69) is 4.72 Å². The Morgan fingerprint density at radius 2 is 1.80 bits per heavy atom. The standard InChI is InChI=1S/C15H20ClN3O5S/c1-10(15(21)17-22)18-25(23,24)19-8-6-12(7-9-19)14(20)11-2-4-13(16)5-3-11/h2-5,10,12,18,22H,6-9H2,1H3,(H,17,21). The van der Waals surface area contributed by atoms with Crippen LogP contribution in [0.25, 0.3) is 0 Å². The Hall–Kier alpha value is -1.52. The number of Topliss-reactive ketones (excluding diaryl/α,β-unsaturated/α-hetero) is 1. The Morgan fingerprint density at radius 3 is 2.32 bits per heavy atom. The minimum atomic E-state index is -3.87. The van der Waals surface area contributed by atoms with Crippen LogP contribution < -0.4 is 10.2 Å². The first-order valence-corrected chi connectivity index (χ1v) is 9.57. The molecule has 1 unspecified atom stereocenters. The highest BCUT2D eigenvalue weighted by molar-refractivity contribution is 7.87. The molecule has 0 aromatic heterocycles. The molecule has 10 heteroatoms. The second kappa shape index (κ2) is 8.24. The van der Waals surface area contributed by atoms with Crippen LogP contribution in [0.2, 0.25) is 5.02 Å². The number of benzene rings is 1. The third-order valence-electron chi connectivity index (χ3n) is 4.12. The van der Waals surface area contributed by atoms with Gasteiger partial charge in [-0.2, -0.15) is 17.4 Å². The van der Waals surface area contributed by atoms with Gasteiger partial charge in [0.05, 0.1) is 0 Å². The molecule has 0 radical (unpaired) electrons. The second-order valence-corrected chi connectivity index (χ2v) is 8.00. The first-order valence-electron chi connectivity index (χ1n) is 7.75. The van der Waals surface area contributed by atoms with Crippen LogP contribution in [0.15, 0.2) is 24.3 Å². The number of rotatable bonds is 6. The Labute approximate surface area is 151 Å². The third kappa shape index (κ3) is 4.99. The van der Waals surface area contributed by atoms with Crippen molar-refractivity contribution >= 4 is 33.5 Å². The summed E-state index contributed by atoms with van der Waals surface area (Å²) < 4.78 is 27.9. The average Bonchev–Trinajstić information content (AvgIpc) is 2.60. The van der Waals surface area contributed by atoms with E-state index < -0.39 is 22.2 Å². The molecule has 1 heterocycles. The van der Waals surface area contributed by atoms with E-state index in [-0.39, 0.29) is 24.8 Å². The Morgan fingerprint density at radius 1 is 1.24 bits per heavy atom. The van der Waals surface area contributed by atoms with Crippen molar-refractivity contribution in [2.45, 2.75) is 25.8 Å². The van der Waals surface area contributed by atoms with Crippen LogP contribution in [0.4, 0.5) is 0 Å². The molecule has 0 saturated carbocycles. The number of hydrogen-bond acceptors (Lipinski definition) is 5. The lowest BCUT2D eigenvalue weighted by atomic mass is 9.90. The van der Waals surface area contributed by atoms with E-state index in [0.29, 0.717) is 23.4 Å². The van der Waals surface area contributed by atoms with Gasteiger partial charge in [0.2, 0.25) is 0 Å². The average molecular weight is 390 g/mol. The molecule has 1 amide bonds. The number of hydrogen-bond donors (Lipinski definition) is 3. The van der Waals surface area contributed by atoms with Crippen LogP contribution in [-0.2, 0) is 15.0 Å². The highest BCUT2D eigenvalue weighted by Crippen LogP contribution is 2.24. The number of ketones is 1. The maximum Gasteiger partial charge on any atom is 0.280 e. The fourth-order valence-electron chi connectivity index (χ4n) is 2.66. The molecule has 1 saturated heterocycles. The van der Waals surface area contributed by atoms with Crippen LogP contribution in [0.3, 0.4) is 0 Å². The Balaban J connectivity index is 1.95. The minimum Gasteiger partial charge on any atom is -0.294 e. The van der Waals surface area contributed by atoms with Crippen LogP contribution in [-0.4, -0.2) is 48.8 Å². The first kappa shape index (κ1) is 19.8. The molecule has 0 aliphatic carbocycles. The maximum atomic E-state index is 12.5. The number of amides is 1. The lowest BCUT2D eigenvalue weighted by Gasteiger charge is -2.31. The zero-order valence-corrected chi connectivity index (χ0v) is 15.2. The van der Waals surface area contributed by atoms with Crippen LogP contribution in [0.5, 0.6) is 0 Å². The van der Waals surface area contributed by atoms with Crippen molar-refractivity contribution < 1.29 is 23.2 Å². The maximum absolute atomic E-state index is 12.5. The SMILES string of the molecule is CC(NS(=O)(=O)N1CCC(C(=O)c2ccc(Cl)cc2)CC1)C(=O)NO. The molecule has 1 aromatic carbocycles. The van der Waals surface area contributed by atoms with Crippen molar-refractivity contribution in [3.05, 3.63) is 34.9 Å². The highest BCUT2D eigenvalue weighted by atomic mass is 35.5. The van der Waals surface area contributed by atoms with Crippen molar-refractivity contribution in [1.82, 2.24) is 14.5 Å². The van der Waals surface area contributed by atoms with Gasteiger partial charge in [-0.3, -0.25) is 14.8 Å². The van der Waals surface area contributed by atoms with Crippen molar-refractivity contribution in [2.75, 3.05) is 13.1 Å². The topological polar surface area (TPSA) is 116 Å². The summed E-state index contributed by atoms with van der Waals surface area (Å²) in [6, 6.07) is 5.50. The third-order valence-corrected chi connectivity index (χ3v) is 6.07. The first-order chi connectivity index (χ1) is 11.7. The molecule has 1 aliphatic heterocycles. The summed E-state index contributed by atoms with van der Waals surface area (Å²) in [4.78, 5) is 23.7. The lowest BCUT2D eigenvalue weighted by molar-refractivity contribution is -0.130. The summed E-state index contributed by atoms with van der Waals surface area (Å²) >= 11 is 5.81. The van der Waals surface area contributed by atoms with Gasteiger partial charge >= 0.3 is 0 Å². The lowest BCUT2D eigenvalue weighted by Crippen LogP contribution is -2.51. The molecule has 25 heavy (non-hydrogen) atoms. The summed E-state index contributed by atoms with van der Waals surface area (Å²) in [6.07, 6.45) is 0.784. The number of nitrogens with zero attached hydrogens (tertiary/aromatic N) is 1. The molecule has 1 fully saturated rings. The number of piperidine rings is 1. The molecule has 1 aromatic rings. The zero-order chi connectivity index (χ0) is 18.6. The smallest absolute Gasteiger partial charge is 0.280 e. The molecule has 2 rings (SSSR count). The van der Waals surface area contributed by atoms with Crippen LogP contribution >= 0.6 is 11.6 Å². The molecule has 0 spiro atoms. The van der Waals surface area contributed by atoms with Crippen molar-refractivity contribution in [1.29, 1.82) is 0 Å². The number of carbonyl (C=O) groups excluding carboxylic acids is 2. The van der Waals surface area contributed by atoms with Gasteiger partial charge in [-0.25, -0.2) is 5.48 Å². The van der Waals surface area contributed by atoms with Crippen molar-refractivity contribution in [2.24, 2.45) is 5.92 Å². The van der Waals surface area contributed by atoms with Gasteiger partial charge in [-0.15, -0.1) is 0 Å². The van der Waals surface area contributed by atoms with Gasteiger partial charge in [0.1, 0.15) is 6.04 Å². The van der Waals surface area contributed by atoms with E-state index in [1.165, 1.54) is 16.7 Å². The van der Waals surface area contributed by atoms with E-state index in [1.807, 2.05) is 0 Å². The van der Waals surface area contributed by atoms with E-state index >= 15 is 0 Å². The molecule has 0 bridgehead atoms. The Bertz CT molecular complexity index is 730. The van der Waals surface area contributed by atoms with E-state index in [1.54, 1.807) is 24.3 Å². The van der Waals surface area contributed by atoms with Crippen molar-refractivity contribution in [3.8, 4) is 0 Å². The molecule has 1 atom stereocenters. The normalized spacial score (nSPS) is 17.9. The van der Waals surface area contributed by atoms with Gasteiger partial charge in [0.25, 0.3) is 16.1 Å². The summed E-state index contributed by atoms with van der Waals surface area (Å²) in [7, 11) is -3.87. The second-order valence-electron chi connectivity index (χ2n) is 5.87. The van der Waals surface area contributed by atoms with Gasteiger partial charge < -0.3 is 0 Å². The molecule has 8 nitrogen and oxygen atoms in total. The monoisotopic (exact) mass is 389 g/mol. The summed E-state index contributed by atoms with van der Waals surface area (Å²) in [6.45, 7) is 1.67. The summed E-state index contributed by atoms with van der Waals surface area (Å²) in [5.41, 5.74) is 1.95. The Kier molecular flexibility index (Phi) is 6.53. The highest BCUT2D eigenvalue weighted by Gasteiger charge is 2.33. The predicted octanol–water partition coefficient (Wildman–Crippen LogP) is 0.963. The number of carbonyl (C=O) groups is 2. The number of halogens is 1. The number of hydroxylamine groups is 1. The quantitative estimate of drug-likeness (QED) is 0.381. The zero-order valence-electron chi connectivity index (χ0n) is 13.6. The largest absolute Gasteiger partial charge is 0.294 e. The van der Waals surface area contributed by atoms with Gasteiger partial charge in [-0.1, -0.05) is 11.6 Å². The van der Waals surface area contributed by atoms with Crippen LogP contribution in [0, 0.1) is 5.92 Å². The predicted molar refractivity (Wildman–Crippen MR) is 91.5 cm³/mol. The fraction of sp³-hybridized carbons (Fsp3) is 0.467. The van der Waals surface area contributed by atoms with Gasteiger partial charge in [0, 0.05) is 29.6 Å². The van der Waals surface area contributed by atoms with E-state index in [9.17, 15) is 18.0 Å². The summed E-state index contributed by atoms with van der Waals surface area (Å²) in [5, 5.41) is 9.09. The fourth-order valence-corrected chi connectivity index (χ4v) is 4.18. The molecule has 1 aliphatic rings. The van der Waals surface area contributed by atoms with Gasteiger partial charge in [0.15, 0.2) is 5.78 Å². The van der Waals surface area contributed by atoms with E-state index in [4.69, 9.17) is 16.8 Å². The van der Waals surface area contributed by atoms with E-state index in [0.717, 1.165) is 0 Å². The molecule has 138 valence electrons. The molecular formula is C15H20ClN3O5S. The molecular weight excluding hydrogens is 370 g/mol. The molecule has 3 N–H and O–H groups in total. The van der Waals surface area contributed by atoms with Crippen LogP contribution in [0.1, 0.15) is 30.1 Å². The number of nitrogens with one attached hydrogen (secondary N) is 2. The van der Waals surface area contributed by atoms with Crippen molar-refractivity contribution in [3.63, 3.8) is 0 Å². The van der Waals surface area contributed by atoms with Gasteiger partial charge in [-0.05, 0) is 44.0 Å². The summed E-state index contributed by atoms with van der Waals surface area (Å²) in [5.74, 6) is -1.14.